The molecule has 0 unspecified atom stereocenters. The van der Waals surface area contributed by atoms with Crippen molar-refractivity contribution in [3.05, 3.63) is 78.2 Å². The fourth-order valence-corrected chi connectivity index (χ4v) is 3.36. The summed E-state index contributed by atoms with van der Waals surface area (Å²) in [7, 11) is 4.70. The first-order valence-corrected chi connectivity index (χ1v) is 10.2. The van der Waals surface area contributed by atoms with Gasteiger partial charge in [-0.25, -0.2) is 4.98 Å². The van der Waals surface area contributed by atoms with Crippen LogP contribution in [0.25, 0.3) is 10.8 Å². The lowest BCUT2D eigenvalue weighted by Crippen LogP contribution is -2.12. The Balaban J connectivity index is 1.58. The summed E-state index contributed by atoms with van der Waals surface area (Å²) in [5.74, 6) is 2.47. The third kappa shape index (κ3) is 5.19. The van der Waals surface area contributed by atoms with Crippen molar-refractivity contribution in [2.75, 3.05) is 26.6 Å². The van der Waals surface area contributed by atoms with Gasteiger partial charge in [-0.3, -0.25) is 4.79 Å². The predicted molar refractivity (Wildman–Crippen MR) is 124 cm³/mol. The number of nitrogens with zero attached hydrogens (tertiary/aromatic N) is 2. The van der Waals surface area contributed by atoms with Gasteiger partial charge >= 0.3 is 0 Å². The molecule has 1 aromatic heterocycles. The van der Waals surface area contributed by atoms with E-state index < -0.39 is 0 Å². The van der Waals surface area contributed by atoms with E-state index in [2.05, 4.69) is 15.3 Å². The van der Waals surface area contributed by atoms with E-state index in [-0.39, 0.29) is 5.91 Å². The van der Waals surface area contributed by atoms with Crippen LogP contribution in [-0.4, -0.2) is 37.2 Å². The van der Waals surface area contributed by atoms with Gasteiger partial charge < -0.3 is 24.3 Å². The van der Waals surface area contributed by atoms with Crippen LogP contribution in [0.4, 0.5) is 5.69 Å². The predicted octanol–water partition coefficient (Wildman–Crippen LogP) is 4.84. The molecule has 0 saturated heterocycles. The molecule has 8 nitrogen and oxygen atoms in total. The van der Waals surface area contributed by atoms with E-state index in [9.17, 15) is 4.79 Å². The number of hydrogen-bond acceptors (Lipinski definition) is 7. The zero-order valence-corrected chi connectivity index (χ0v) is 18.5. The van der Waals surface area contributed by atoms with Gasteiger partial charge in [-0.05, 0) is 35.0 Å². The molecule has 0 atom stereocenters. The smallest absolute Gasteiger partial charge is 0.256 e. The minimum absolute atomic E-state index is 0.246. The summed E-state index contributed by atoms with van der Waals surface area (Å²) < 4.78 is 21.5. The van der Waals surface area contributed by atoms with Gasteiger partial charge in [0.25, 0.3) is 5.91 Å². The van der Waals surface area contributed by atoms with Crippen molar-refractivity contribution in [1.29, 1.82) is 0 Å². The summed E-state index contributed by atoms with van der Waals surface area (Å²) in [5.41, 5.74) is 1.11. The standard InChI is InChI=1S/C25H23N3O5/c1-30-15-23-26-10-9-24(28-23)33-18-7-8-21-16(11-18)5-4-6-22(21)25(29)27-17-12-19(31-2)14-20(13-17)32-3/h4-14H,15H2,1-3H3,(H,27,29). The maximum absolute atomic E-state index is 13.0. The van der Waals surface area contributed by atoms with Gasteiger partial charge in [0.05, 0.1) is 14.2 Å². The zero-order chi connectivity index (χ0) is 23.2. The number of anilines is 1. The molecule has 0 bridgehead atoms. The van der Waals surface area contributed by atoms with Crippen LogP contribution in [0, 0.1) is 0 Å². The minimum atomic E-state index is -0.246. The summed E-state index contributed by atoms with van der Waals surface area (Å²) in [6.45, 7) is 0.298. The highest BCUT2D eigenvalue weighted by Gasteiger charge is 2.13. The number of carbonyl (C=O) groups excluding carboxylic acids is 1. The molecule has 0 aliphatic rings. The topological polar surface area (TPSA) is 91.8 Å². The van der Waals surface area contributed by atoms with Crippen LogP contribution in [0.2, 0.25) is 0 Å². The lowest BCUT2D eigenvalue weighted by Gasteiger charge is -2.12. The molecule has 33 heavy (non-hydrogen) atoms. The molecule has 1 amide bonds. The number of fused-ring (bicyclic) bond motifs is 1. The van der Waals surface area contributed by atoms with Gasteiger partial charge in [-0.15, -0.1) is 0 Å². The van der Waals surface area contributed by atoms with Crippen molar-refractivity contribution < 1.29 is 23.7 Å². The van der Waals surface area contributed by atoms with E-state index in [0.717, 1.165) is 10.8 Å². The highest BCUT2D eigenvalue weighted by Crippen LogP contribution is 2.29. The fraction of sp³-hybridized carbons (Fsp3) is 0.160. The maximum Gasteiger partial charge on any atom is 0.256 e. The first kappa shape index (κ1) is 22.0. The Hall–Kier alpha value is -4.17. The summed E-state index contributed by atoms with van der Waals surface area (Å²) in [6.07, 6.45) is 1.62. The maximum atomic E-state index is 13.0. The van der Waals surface area contributed by atoms with Gasteiger partial charge in [0.15, 0.2) is 5.82 Å². The average Bonchev–Trinajstić information content (AvgIpc) is 2.83. The van der Waals surface area contributed by atoms with Crippen molar-refractivity contribution in [2.45, 2.75) is 6.61 Å². The summed E-state index contributed by atoms with van der Waals surface area (Å²) in [5, 5.41) is 4.56. The molecule has 0 aliphatic carbocycles. The molecule has 0 saturated carbocycles. The van der Waals surface area contributed by atoms with Crippen molar-refractivity contribution in [3.63, 3.8) is 0 Å². The SMILES string of the molecule is COCc1nccc(Oc2ccc3c(C(=O)Nc4cc(OC)cc(OC)c4)cccc3c2)n1. The number of nitrogens with one attached hydrogen (secondary N) is 1. The van der Waals surface area contributed by atoms with Gasteiger partial charge in [-0.1, -0.05) is 12.1 Å². The Kier molecular flexibility index (Phi) is 6.66. The Morgan fingerprint density at radius 3 is 2.42 bits per heavy atom. The summed E-state index contributed by atoms with van der Waals surface area (Å²) in [4.78, 5) is 21.5. The van der Waals surface area contributed by atoms with Crippen LogP contribution in [-0.2, 0) is 11.3 Å². The third-order valence-corrected chi connectivity index (χ3v) is 4.88. The summed E-state index contributed by atoms with van der Waals surface area (Å²) >= 11 is 0. The number of benzene rings is 3. The Labute approximate surface area is 191 Å². The number of hydrogen-bond donors (Lipinski definition) is 1. The molecule has 0 fully saturated rings. The summed E-state index contributed by atoms with van der Waals surface area (Å²) in [6, 6.07) is 17.9. The first-order valence-electron chi connectivity index (χ1n) is 10.2. The molecule has 0 spiro atoms. The Bertz CT molecular complexity index is 1270. The number of amides is 1. The quantitative estimate of drug-likeness (QED) is 0.415. The highest BCUT2D eigenvalue weighted by molar-refractivity contribution is 6.13. The average molecular weight is 445 g/mol. The van der Waals surface area contributed by atoms with Crippen LogP contribution >= 0.6 is 0 Å². The van der Waals surface area contributed by atoms with Crippen LogP contribution < -0.4 is 19.5 Å². The van der Waals surface area contributed by atoms with Crippen molar-refractivity contribution in [1.82, 2.24) is 9.97 Å². The van der Waals surface area contributed by atoms with Crippen molar-refractivity contribution in [2.24, 2.45) is 0 Å². The van der Waals surface area contributed by atoms with Crippen molar-refractivity contribution >= 4 is 22.4 Å². The van der Waals surface area contributed by atoms with E-state index in [4.69, 9.17) is 18.9 Å². The van der Waals surface area contributed by atoms with E-state index in [1.165, 1.54) is 0 Å². The van der Waals surface area contributed by atoms with Crippen LogP contribution in [0.3, 0.4) is 0 Å². The normalized spacial score (nSPS) is 10.6. The van der Waals surface area contributed by atoms with Crippen molar-refractivity contribution in [3.8, 4) is 23.1 Å². The third-order valence-electron chi connectivity index (χ3n) is 4.88. The van der Waals surface area contributed by atoms with Gasteiger partial charge in [0, 0.05) is 48.8 Å². The molecular weight excluding hydrogens is 422 g/mol. The monoisotopic (exact) mass is 445 g/mol. The second kappa shape index (κ2) is 9.97. The number of ether oxygens (including phenoxy) is 4. The number of carbonyl (C=O) groups is 1. The first-order chi connectivity index (χ1) is 16.1. The van der Waals surface area contributed by atoms with E-state index in [0.29, 0.717) is 46.8 Å². The molecule has 8 heteroatoms. The Morgan fingerprint density at radius 1 is 0.909 bits per heavy atom. The van der Waals surface area contributed by atoms with Crippen LogP contribution in [0.15, 0.2) is 66.9 Å². The fourth-order valence-electron chi connectivity index (χ4n) is 3.36. The molecule has 4 aromatic rings. The zero-order valence-electron chi connectivity index (χ0n) is 18.5. The second-order valence-electron chi connectivity index (χ2n) is 7.09. The number of methoxy groups -OCH3 is 3. The second-order valence-corrected chi connectivity index (χ2v) is 7.09. The number of aromatic nitrogens is 2. The highest BCUT2D eigenvalue weighted by atomic mass is 16.5. The molecule has 0 aliphatic heterocycles. The molecule has 1 N–H and O–H groups in total. The van der Waals surface area contributed by atoms with E-state index >= 15 is 0 Å². The molecule has 168 valence electrons. The van der Waals surface area contributed by atoms with Gasteiger partial charge in [0.1, 0.15) is 23.9 Å². The minimum Gasteiger partial charge on any atom is -0.497 e. The molecule has 3 aromatic carbocycles. The lowest BCUT2D eigenvalue weighted by atomic mass is 10.0. The largest absolute Gasteiger partial charge is 0.497 e. The van der Waals surface area contributed by atoms with Crippen LogP contribution in [0.5, 0.6) is 23.1 Å². The van der Waals surface area contributed by atoms with Gasteiger partial charge in [0.2, 0.25) is 5.88 Å². The molecule has 1 heterocycles. The van der Waals surface area contributed by atoms with Crippen LogP contribution in [0.1, 0.15) is 16.2 Å². The molecule has 4 rings (SSSR count). The Morgan fingerprint density at radius 2 is 1.70 bits per heavy atom. The molecule has 0 radical (unpaired) electrons. The van der Waals surface area contributed by atoms with E-state index in [1.807, 2.05) is 24.3 Å². The lowest BCUT2D eigenvalue weighted by molar-refractivity contribution is 0.102. The van der Waals surface area contributed by atoms with Gasteiger partial charge in [-0.2, -0.15) is 4.98 Å². The number of rotatable bonds is 8. The molecular formula is C25H23N3O5. The van der Waals surface area contributed by atoms with E-state index in [1.54, 1.807) is 63.9 Å².